The second kappa shape index (κ2) is 5.25. The standard InChI is InChI=1S/C4H5IO/c1-6-4-2-3-5/h4H2,1H3. The molecule has 0 radical (unpaired) electrons. The highest BCUT2D eigenvalue weighted by atomic mass is 127. The SMILES string of the molecule is COCC#CI. The molecule has 0 saturated carbocycles. The van der Waals surface area contributed by atoms with Gasteiger partial charge in [0.1, 0.15) is 6.61 Å². The molecule has 0 aromatic heterocycles. The van der Waals surface area contributed by atoms with E-state index in [4.69, 9.17) is 0 Å². The Bertz CT molecular complexity index is 69.4. The van der Waals surface area contributed by atoms with E-state index < -0.39 is 0 Å². The average molecular weight is 196 g/mol. The first-order chi connectivity index (χ1) is 2.91. The van der Waals surface area contributed by atoms with Gasteiger partial charge in [0.15, 0.2) is 0 Å². The Morgan fingerprint density at radius 2 is 2.50 bits per heavy atom. The van der Waals surface area contributed by atoms with Gasteiger partial charge in [-0.2, -0.15) is 0 Å². The summed E-state index contributed by atoms with van der Waals surface area (Å²) >= 11 is 1.97. The maximum Gasteiger partial charge on any atom is 0.108 e. The van der Waals surface area contributed by atoms with Crippen LogP contribution in [0.1, 0.15) is 0 Å². The molecule has 2 heteroatoms. The van der Waals surface area contributed by atoms with Crippen LogP contribution in [0, 0.1) is 9.85 Å². The van der Waals surface area contributed by atoms with Gasteiger partial charge in [-0.3, -0.25) is 0 Å². The predicted octanol–water partition coefficient (Wildman–Crippen LogP) is 1.03. The van der Waals surface area contributed by atoms with Crippen molar-refractivity contribution in [1.82, 2.24) is 0 Å². The summed E-state index contributed by atoms with van der Waals surface area (Å²) in [6.07, 6.45) is 0. The molecule has 0 amide bonds. The van der Waals surface area contributed by atoms with Crippen LogP contribution < -0.4 is 0 Å². The third-order valence-electron chi connectivity index (χ3n) is 0.283. The summed E-state index contributed by atoms with van der Waals surface area (Å²) in [5.74, 6) is 2.71. The lowest BCUT2D eigenvalue weighted by molar-refractivity contribution is 0.240. The number of ether oxygens (including phenoxy) is 1. The normalized spacial score (nSPS) is 6.33. The number of methoxy groups -OCH3 is 1. The summed E-state index contributed by atoms with van der Waals surface area (Å²) in [5, 5.41) is 0. The van der Waals surface area contributed by atoms with E-state index in [1.807, 2.05) is 22.6 Å². The van der Waals surface area contributed by atoms with Crippen LogP contribution in [0.2, 0.25) is 0 Å². The van der Waals surface area contributed by atoms with Gasteiger partial charge >= 0.3 is 0 Å². The van der Waals surface area contributed by atoms with Crippen molar-refractivity contribution in [1.29, 1.82) is 0 Å². The van der Waals surface area contributed by atoms with Crippen LogP contribution in [0.15, 0.2) is 0 Å². The molecule has 0 aliphatic rings. The fourth-order valence-electron chi connectivity index (χ4n) is 0.0994. The molecule has 6 heavy (non-hydrogen) atoms. The van der Waals surface area contributed by atoms with Crippen molar-refractivity contribution in [2.24, 2.45) is 0 Å². The van der Waals surface area contributed by atoms with Gasteiger partial charge in [-0.05, 0) is 3.93 Å². The van der Waals surface area contributed by atoms with Crippen LogP contribution in [0.5, 0.6) is 0 Å². The quantitative estimate of drug-likeness (QED) is 0.449. The monoisotopic (exact) mass is 196 g/mol. The predicted molar refractivity (Wildman–Crippen MR) is 33.7 cm³/mol. The summed E-state index contributed by atoms with van der Waals surface area (Å²) in [5.41, 5.74) is 0. The Labute approximate surface area is 51.2 Å². The van der Waals surface area contributed by atoms with Gasteiger partial charge in [0.05, 0.1) is 0 Å². The van der Waals surface area contributed by atoms with Gasteiger partial charge in [0.2, 0.25) is 0 Å². The third kappa shape index (κ3) is 4.25. The largest absolute Gasteiger partial charge is 0.372 e. The molecule has 0 aliphatic carbocycles. The molecule has 0 unspecified atom stereocenters. The summed E-state index contributed by atoms with van der Waals surface area (Å²) in [4.78, 5) is 0. The molecule has 0 bridgehead atoms. The lowest BCUT2D eigenvalue weighted by Crippen LogP contribution is -1.78. The molecule has 0 aromatic carbocycles. The van der Waals surface area contributed by atoms with E-state index >= 15 is 0 Å². The van der Waals surface area contributed by atoms with Crippen LogP contribution in [0.4, 0.5) is 0 Å². The maximum absolute atomic E-state index is 4.60. The Kier molecular flexibility index (Phi) is 5.47. The molecule has 0 atom stereocenters. The van der Waals surface area contributed by atoms with Crippen molar-refractivity contribution in [3.05, 3.63) is 0 Å². The summed E-state index contributed by atoms with van der Waals surface area (Å²) in [6.45, 7) is 0.545. The topological polar surface area (TPSA) is 9.23 Å². The van der Waals surface area contributed by atoms with E-state index in [0.29, 0.717) is 6.61 Å². The van der Waals surface area contributed by atoms with E-state index in [2.05, 4.69) is 14.6 Å². The van der Waals surface area contributed by atoms with Crippen LogP contribution in [-0.2, 0) is 4.74 Å². The van der Waals surface area contributed by atoms with E-state index in [9.17, 15) is 0 Å². The highest BCUT2D eigenvalue weighted by molar-refractivity contribution is 14.1. The first-order valence-corrected chi connectivity index (χ1v) is 2.57. The molecule has 0 aromatic rings. The molecule has 0 fully saturated rings. The van der Waals surface area contributed by atoms with Crippen molar-refractivity contribution >= 4 is 22.6 Å². The van der Waals surface area contributed by atoms with Crippen molar-refractivity contribution in [2.75, 3.05) is 13.7 Å². The lowest BCUT2D eigenvalue weighted by Gasteiger charge is -1.77. The first-order valence-electron chi connectivity index (χ1n) is 1.49. The Hall–Kier alpha value is 0.250. The minimum atomic E-state index is 0.545. The highest BCUT2D eigenvalue weighted by Crippen LogP contribution is 1.69. The average Bonchev–Trinajstić information content (AvgIpc) is 1.61. The molecule has 0 N–H and O–H groups in total. The lowest BCUT2D eigenvalue weighted by atomic mass is 10.8. The van der Waals surface area contributed by atoms with E-state index in [1.165, 1.54) is 0 Å². The van der Waals surface area contributed by atoms with Gasteiger partial charge in [0.25, 0.3) is 0 Å². The maximum atomic E-state index is 4.60. The minimum Gasteiger partial charge on any atom is -0.372 e. The molecule has 1 nitrogen and oxygen atoms in total. The zero-order valence-corrected chi connectivity index (χ0v) is 5.65. The molecule has 0 heterocycles. The minimum absolute atomic E-state index is 0.545. The van der Waals surface area contributed by atoms with E-state index in [1.54, 1.807) is 7.11 Å². The van der Waals surface area contributed by atoms with Gasteiger partial charge in [-0.15, -0.1) is 0 Å². The molecule has 0 aliphatic heterocycles. The summed E-state index contributed by atoms with van der Waals surface area (Å²) < 4.78 is 7.27. The van der Waals surface area contributed by atoms with Crippen LogP contribution >= 0.6 is 22.6 Å². The van der Waals surface area contributed by atoms with Gasteiger partial charge in [0, 0.05) is 29.7 Å². The summed E-state index contributed by atoms with van der Waals surface area (Å²) in [7, 11) is 1.63. The van der Waals surface area contributed by atoms with Crippen LogP contribution in [-0.4, -0.2) is 13.7 Å². The molecular weight excluding hydrogens is 191 g/mol. The van der Waals surface area contributed by atoms with Crippen molar-refractivity contribution in [2.45, 2.75) is 0 Å². The number of rotatable bonds is 1. The zero-order chi connectivity index (χ0) is 4.83. The Morgan fingerprint density at radius 1 is 1.83 bits per heavy atom. The first kappa shape index (κ1) is 6.25. The molecular formula is C4H5IO. The fraction of sp³-hybridized carbons (Fsp3) is 0.500. The van der Waals surface area contributed by atoms with Crippen LogP contribution in [0.25, 0.3) is 0 Å². The molecule has 0 rings (SSSR count). The number of halogens is 1. The van der Waals surface area contributed by atoms with E-state index in [-0.39, 0.29) is 0 Å². The molecule has 0 spiro atoms. The summed E-state index contributed by atoms with van der Waals surface area (Å²) in [6, 6.07) is 0. The van der Waals surface area contributed by atoms with Crippen molar-refractivity contribution < 1.29 is 4.74 Å². The van der Waals surface area contributed by atoms with Gasteiger partial charge in [-0.1, -0.05) is 5.92 Å². The Balaban J connectivity index is 2.79. The van der Waals surface area contributed by atoms with E-state index in [0.717, 1.165) is 0 Å². The smallest absolute Gasteiger partial charge is 0.108 e. The molecule has 34 valence electrons. The fourth-order valence-corrected chi connectivity index (χ4v) is 0.255. The van der Waals surface area contributed by atoms with Crippen LogP contribution in [0.3, 0.4) is 0 Å². The highest BCUT2D eigenvalue weighted by Gasteiger charge is 1.61. The Morgan fingerprint density at radius 3 is 2.67 bits per heavy atom. The second-order valence-electron chi connectivity index (χ2n) is 0.704. The third-order valence-corrected chi connectivity index (χ3v) is 0.665. The molecule has 0 saturated heterocycles. The van der Waals surface area contributed by atoms with Gasteiger partial charge < -0.3 is 4.74 Å². The van der Waals surface area contributed by atoms with Crippen molar-refractivity contribution in [3.8, 4) is 9.85 Å². The van der Waals surface area contributed by atoms with Gasteiger partial charge in [-0.25, -0.2) is 0 Å². The zero-order valence-electron chi connectivity index (χ0n) is 3.49. The number of hydrogen-bond acceptors (Lipinski definition) is 1. The van der Waals surface area contributed by atoms with Crippen molar-refractivity contribution in [3.63, 3.8) is 0 Å². The second-order valence-corrected chi connectivity index (χ2v) is 1.24. The number of hydrogen-bond donors (Lipinski definition) is 0.